The summed E-state index contributed by atoms with van der Waals surface area (Å²) in [6.45, 7) is 0.887. The van der Waals surface area contributed by atoms with Crippen LogP contribution in [0.2, 0.25) is 0 Å². The molecule has 24 heavy (non-hydrogen) atoms. The fourth-order valence-electron chi connectivity index (χ4n) is 2.97. The Morgan fingerprint density at radius 3 is 2.71 bits per heavy atom. The first kappa shape index (κ1) is 16.4. The van der Waals surface area contributed by atoms with Gasteiger partial charge in [-0.05, 0) is 30.7 Å². The summed E-state index contributed by atoms with van der Waals surface area (Å²) in [6.07, 6.45) is 3.49. The molecule has 0 spiro atoms. The number of anilines is 1. The standard InChI is InChI=1S/C18H22N4O2/c1-21(2)17-7-6-13(10-20-17)18(24)22-11-14(16(23)12-22)9-15-5-3-4-8-19-15/h3-8,10,14,16,23H,9,11-12H2,1-2H3/t14-,16-/m1/s1. The van der Waals surface area contributed by atoms with Gasteiger partial charge in [-0.15, -0.1) is 0 Å². The van der Waals surface area contributed by atoms with Crippen molar-refractivity contribution < 1.29 is 9.90 Å². The first-order valence-corrected chi connectivity index (χ1v) is 8.05. The zero-order valence-electron chi connectivity index (χ0n) is 14.0. The van der Waals surface area contributed by atoms with Crippen LogP contribution >= 0.6 is 0 Å². The quantitative estimate of drug-likeness (QED) is 0.915. The number of nitrogens with zero attached hydrogens (tertiary/aromatic N) is 4. The number of carbonyl (C=O) groups is 1. The Morgan fingerprint density at radius 2 is 2.08 bits per heavy atom. The van der Waals surface area contributed by atoms with E-state index in [0.717, 1.165) is 11.5 Å². The molecule has 0 aliphatic carbocycles. The van der Waals surface area contributed by atoms with E-state index in [4.69, 9.17) is 0 Å². The predicted molar refractivity (Wildman–Crippen MR) is 91.9 cm³/mol. The first-order chi connectivity index (χ1) is 11.5. The molecule has 2 aromatic rings. The van der Waals surface area contributed by atoms with Crippen molar-refractivity contribution in [1.82, 2.24) is 14.9 Å². The molecule has 1 aliphatic heterocycles. The molecule has 2 atom stereocenters. The van der Waals surface area contributed by atoms with Crippen LogP contribution in [0.25, 0.3) is 0 Å². The molecule has 2 aromatic heterocycles. The lowest BCUT2D eigenvalue weighted by molar-refractivity contribution is 0.0764. The molecule has 6 nitrogen and oxygen atoms in total. The molecule has 126 valence electrons. The highest BCUT2D eigenvalue weighted by Gasteiger charge is 2.34. The van der Waals surface area contributed by atoms with Crippen molar-refractivity contribution in [3.05, 3.63) is 54.0 Å². The number of β-amino-alcohol motifs (C(OH)–C–C–N with tert-alkyl or cyclic N) is 1. The third-order valence-corrected chi connectivity index (χ3v) is 4.34. The van der Waals surface area contributed by atoms with Gasteiger partial charge in [-0.25, -0.2) is 4.98 Å². The summed E-state index contributed by atoms with van der Waals surface area (Å²) in [6, 6.07) is 9.36. The summed E-state index contributed by atoms with van der Waals surface area (Å²) in [4.78, 5) is 24.8. The summed E-state index contributed by atoms with van der Waals surface area (Å²) in [7, 11) is 3.81. The number of rotatable bonds is 4. The number of aliphatic hydroxyl groups is 1. The average Bonchev–Trinajstić information content (AvgIpc) is 2.96. The smallest absolute Gasteiger partial charge is 0.255 e. The molecular weight excluding hydrogens is 304 g/mol. The van der Waals surface area contributed by atoms with Gasteiger partial charge in [-0.1, -0.05) is 6.07 Å². The van der Waals surface area contributed by atoms with Crippen LogP contribution in [-0.4, -0.2) is 59.2 Å². The fraction of sp³-hybridized carbons (Fsp3) is 0.389. The Bertz CT molecular complexity index is 688. The van der Waals surface area contributed by atoms with Crippen molar-refractivity contribution in [3.8, 4) is 0 Å². The molecule has 0 radical (unpaired) electrons. The van der Waals surface area contributed by atoms with E-state index in [2.05, 4.69) is 9.97 Å². The number of amides is 1. The molecular formula is C18H22N4O2. The van der Waals surface area contributed by atoms with Crippen LogP contribution in [0.4, 0.5) is 5.82 Å². The largest absolute Gasteiger partial charge is 0.391 e. The van der Waals surface area contributed by atoms with Crippen molar-refractivity contribution in [2.24, 2.45) is 5.92 Å². The van der Waals surface area contributed by atoms with Gasteiger partial charge < -0.3 is 14.9 Å². The minimum absolute atomic E-state index is 0.0119. The molecule has 3 heterocycles. The molecule has 0 bridgehead atoms. The van der Waals surface area contributed by atoms with Crippen molar-refractivity contribution in [2.45, 2.75) is 12.5 Å². The highest BCUT2D eigenvalue weighted by atomic mass is 16.3. The maximum Gasteiger partial charge on any atom is 0.255 e. The predicted octanol–water partition coefficient (Wildman–Crippen LogP) is 1.22. The van der Waals surface area contributed by atoms with Crippen LogP contribution in [0.15, 0.2) is 42.7 Å². The Balaban J connectivity index is 1.66. The maximum atomic E-state index is 12.6. The van der Waals surface area contributed by atoms with Crippen LogP contribution in [0.5, 0.6) is 0 Å². The van der Waals surface area contributed by atoms with Crippen molar-refractivity contribution in [3.63, 3.8) is 0 Å². The van der Waals surface area contributed by atoms with E-state index in [1.807, 2.05) is 43.3 Å². The maximum absolute atomic E-state index is 12.6. The van der Waals surface area contributed by atoms with Gasteiger partial charge in [0.05, 0.1) is 11.7 Å². The lowest BCUT2D eigenvalue weighted by atomic mass is 10.00. The Morgan fingerprint density at radius 1 is 1.25 bits per heavy atom. The van der Waals surface area contributed by atoms with Crippen LogP contribution in [0.1, 0.15) is 16.1 Å². The van der Waals surface area contributed by atoms with E-state index in [1.54, 1.807) is 23.4 Å². The van der Waals surface area contributed by atoms with Gasteiger partial charge in [-0.2, -0.15) is 0 Å². The van der Waals surface area contributed by atoms with E-state index >= 15 is 0 Å². The number of pyridine rings is 2. The van der Waals surface area contributed by atoms with Crippen LogP contribution < -0.4 is 4.90 Å². The lowest BCUT2D eigenvalue weighted by Crippen LogP contribution is -2.29. The Labute approximate surface area is 141 Å². The van der Waals surface area contributed by atoms with E-state index in [1.165, 1.54) is 0 Å². The topological polar surface area (TPSA) is 69.6 Å². The number of aromatic nitrogens is 2. The summed E-state index contributed by atoms with van der Waals surface area (Å²) in [5.74, 6) is 0.731. The minimum atomic E-state index is -0.523. The molecule has 6 heteroatoms. The second-order valence-electron chi connectivity index (χ2n) is 6.36. The SMILES string of the molecule is CN(C)c1ccc(C(=O)N2C[C@@H](Cc3ccccn3)[C@H](O)C2)cn1. The minimum Gasteiger partial charge on any atom is -0.391 e. The summed E-state index contributed by atoms with van der Waals surface area (Å²) in [5.41, 5.74) is 1.49. The van der Waals surface area contributed by atoms with E-state index in [0.29, 0.717) is 25.1 Å². The molecule has 1 N–H and O–H groups in total. The lowest BCUT2D eigenvalue weighted by Gasteiger charge is -2.17. The monoisotopic (exact) mass is 326 g/mol. The normalized spacial score (nSPS) is 20.2. The van der Waals surface area contributed by atoms with Crippen molar-refractivity contribution in [2.75, 3.05) is 32.1 Å². The number of hydrogen-bond acceptors (Lipinski definition) is 5. The molecule has 1 amide bonds. The second kappa shape index (κ2) is 6.97. The third-order valence-electron chi connectivity index (χ3n) is 4.34. The van der Waals surface area contributed by atoms with E-state index < -0.39 is 6.10 Å². The van der Waals surface area contributed by atoms with Gasteiger partial charge in [0.1, 0.15) is 5.82 Å². The summed E-state index contributed by atoms with van der Waals surface area (Å²) in [5, 5.41) is 10.3. The van der Waals surface area contributed by atoms with Crippen molar-refractivity contribution in [1.29, 1.82) is 0 Å². The number of likely N-dealkylation sites (tertiary alicyclic amines) is 1. The number of hydrogen-bond donors (Lipinski definition) is 1. The molecule has 0 unspecified atom stereocenters. The van der Waals surface area contributed by atoms with Crippen LogP contribution in [-0.2, 0) is 6.42 Å². The van der Waals surface area contributed by atoms with Gasteiger partial charge in [0.15, 0.2) is 0 Å². The molecule has 3 rings (SSSR count). The zero-order valence-corrected chi connectivity index (χ0v) is 14.0. The Kier molecular flexibility index (Phi) is 4.76. The highest BCUT2D eigenvalue weighted by Crippen LogP contribution is 2.22. The van der Waals surface area contributed by atoms with Gasteiger partial charge in [-0.3, -0.25) is 9.78 Å². The third kappa shape index (κ3) is 3.54. The van der Waals surface area contributed by atoms with E-state index in [-0.39, 0.29) is 11.8 Å². The summed E-state index contributed by atoms with van der Waals surface area (Å²) >= 11 is 0. The second-order valence-corrected chi connectivity index (χ2v) is 6.36. The van der Waals surface area contributed by atoms with E-state index in [9.17, 15) is 9.90 Å². The fourth-order valence-corrected chi connectivity index (χ4v) is 2.97. The first-order valence-electron chi connectivity index (χ1n) is 8.05. The molecule has 1 saturated heterocycles. The highest BCUT2D eigenvalue weighted by molar-refractivity contribution is 5.94. The van der Waals surface area contributed by atoms with Gasteiger partial charge in [0, 0.05) is 51.2 Å². The molecule has 0 aromatic carbocycles. The van der Waals surface area contributed by atoms with Crippen molar-refractivity contribution >= 4 is 11.7 Å². The summed E-state index contributed by atoms with van der Waals surface area (Å²) < 4.78 is 0. The molecule has 1 fully saturated rings. The Hall–Kier alpha value is -2.47. The van der Waals surface area contributed by atoms with Gasteiger partial charge in [0.2, 0.25) is 0 Å². The van der Waals surface area contributed by atoms with Gasteiger partial charge in [0.25, 0.3) is 5.91 Å². The molecule has 0 saturated carbocycles. The number of carbonyl (C=O) groups excluding carboxylic acids is 1. The van der Waals surface area contributed by atoms with Crippen LogP contribution in [0.3, 0.4) is 0 Å². The zero-order chi connectivity index (χ0) is 17.1. The molecule has 1 aliphatic rings. The average molecular weight is 326 g/mol. The van der Waals surface area contributed by atoms with Crippen LogP contribution in [0, 0.1) is 5.92 Å². The van der Waals surface area contributed by atoms with Gasteiger partial charge >= 0.3 is 0 Å². The number of aliphatic hydroxyl groups excluding tert-OH is 1.